The van der Waals surface area contributed by atoms with Gasteiger partial charge < -0.3 is 9.30 Å². The number of para-hydroxylation sites is 1. The number of ether oxygens (including phenoxy) is 1. The summed E-state index contributed by atoms with van der Waals surface area (Å²) >= 11 is 1.46. The third-order valence-electron chi connectivity index (χ3n) is 6.51. The van der Waals surface area contributed by atoms with Gasteiger partial charge >= 0.3 is 5.97 Å². The molecule has 0 aliphatic rings. The Morgan fingerprint density at radius 3 is 2.36 bits per heavy atom. The molecule has 36 heavy (non-hydrogen) atoms. The normalized spacial score (nSPS) is 11.2. The molecular formula is C28H25N3O4S. The van der Waals surface area contributed by atoms with Gasteiger partial charge in [-0.25, -0.2) is 9.48 Å². The molecule has 0 fully saturated rings. The summed E-state index contributed by atoms with van der Waals surface area (Å²) in [5.74, 6) is -0.849. The lowest BCUT2D eigenvalue weighted by Gasteiger charge is -2.09. The number of rotatable bonds is 6. The van der Waals surface area contributed by atoms with Gasteiger partial charge in [0.05, 0.1) is 16.9 Å². The fourth-order valence-electron chi connectivity index (χ4n) is 4.62. The Bertz CT molecular complexity index is 1690. The van der Waals surface area contributed by atoms with Crippen LogP contribution in [0.4, 0.5) is 0 Å². The van der Waals surface area contributed by atoms with Crippen molar-refractivity contribution in [2.24, 2.45) is 7.05 Å². The van der Waals surface area contributed by atoms with E-state index < -0.39 is 5.97 Å². The molecular weight excluding hydrogens is 474 g/mol. The highest BCUT2D eigenvalue weighted by Gasteiger charge is 2.24. The first-order valence-electron chi connectivity index (χ1n) is 11.5. The van der Waals surface area contributed by atoms with Crippen LogP contribution in [0.25, 0.3) is 21.5 Å². The number of benzene rings is 2. The molecule has 3 aromatic heterocycles. The van der Waals surface area contributed by atoms with Crippen LogP contribution >= 0.6 is 11.3 Å². The third-order valence-corrected chi connectivity index (χ3v) is 7.48. The molecule has 0 aliphatic carbocycles. The summed E-state index contributed by atoms with van der Waals surface area (Å²) in [7, 11) is 1.83. The molecule has 7 nitrogen and oxygen atoms in total. The molecule has 0 unspecified atom stereocenters. The van der Waals surface area contributed by atoms with Crippen LogP contribution in [0.5, 0.6) is 0 Å². The monoisotopic (exact) mass is 499 g/mol. The van der Waals surface area contributed by atoms with Gasteiger partial charge in [-0.1, -0.05) is 36.4 Å². The Hall–Kier alpha value is -4.17. The Balaban J connectivity index is 1.44. The average Bonchev–Trinajstić information content (AvgIpc) is 3.50. The zero-order valence-electron chi connectivity index (χ0n) is 20.4. The van der Waals surface area contributed by atoms with E-state index in [2.05, 4.69) is 0 Å². The second kappa shape index (κ2) is 9.13. The lowest BCUT2D eigenvalue weighted by Crippen LogP contribution is -2.22. The first-order chi connectivity index (χ1) is 17.3. The number of hydrogen-bond donors (Lipinski definition) is 0. The van der Waals surface area contributed by atoms with Crippen molar-refractivity contribution in [2.75, 3.05) is 6.61 Å². The SMILES string of the molecule is Cc1cc(C(=O)COC(=O)c2csc3ccccc23)c(C)n1-c1c(C)n(C)n(-c2ccccc2)c1=O. The number of hydrogen-bond acceptors (Lipinski definition) is 5. The number of Topliss-reactive ketones (excluding diaryl/α,β-unsaturated/α-hetero) is 1. The molecule has 0 aliphatic heterocycles. The number of thiophene rings is 1. The number of aromatic nitrogens is 3. The lowest BCUT2D eigenvalue weighted by atomic mass is 10.1. The van der Waals surface area contributed by atoms with E-state index in [1.54, 1.807) is 32.3 Å². The Labute approximate surface area is 211 Å². The lowest BCUT2D eigenvalue weighted by molar-refractivity contribution is 0.0477. The van der Waals surface area contributed by atoms with Crippen LogP contribution in [0.2, 0.25) is 0 Å². The Kier molecular flexibility index (Phi) is 5.97. The smallest absolute Gasteiger partial charge is 0.340 e. The van der Waals surface area contributed by atoms with Crippen molar-refractivity contribution < 1.29 is 14.3 Å². The molecule has 0 amide bonds. The largest absolute Gasteiger partial charge is 0.454 e. The third kappa shape index (κ3) is 3.79. The van der Waals surface area contributed by atoms with E-state index in [0.717, 1.165) is 27.2 Å². The van der Waals surface area contributed by atoms with Crippen molar-refractivity contribution in [2.45, 2.75) is 20.8 Å². The van der Waals surface area contributed by atoms with Gasteiger partial charge in [-0.3, -0.25) is 14.3 Å². The van der Waals surface area contributed by atoms with Crippen LogP contribution in [0.1, 0.15) is 37.8 Å². The van der Waals surface area contributed by atoms with Gasteiger partial charge in [0.1, 0.15) is 5.69 Å². The van der Waals surface area contributed by atoms with E-state index in [1.807, 2.05) is 75.5 Å². The minimum atomic E-state index is -0.528. The summed E-state index contributed by atoms with van der Waals surface area (Å²) in [6, 6.07) is 18.7. The summed E-state index contributed by atoms with van der Waals surface area (Å²) < 4.78 is 11.6. The van der Waals surface area contributed by atoms with Gasteiger partial charge in [0, 0.05) is 39.5 Å². The molecule has 0 spiro atoms. The first-order valence-corrected chi connectivity index (χ1v) is 12.4. The highest BCUT2D eigenvalue weighted by molar-refractivity contribution is 7.17. The van der Waals surface area contributed by atoms with Gasteiger partial charge in [-0.15, -0.1) is 11.3 Å². The molecule has 0 bridgehead atoms. The van der Waals surface area contributed by atoms with Crippen LogP contribution in [0.15, 0.2) is 70.8 Å². The molecule has 0 saturated heterocycles. The standard InChI is InChI=1S/C28H25N3O4S/c1-17-14-22(24(32)15-35-28(34)23-16-36-25-13-9-8-12-21(23)25)18(2)30(17)26-19(3)29(4)31(27(26)33)20-10-6-5-7-11-20/h5-14,16H,15H2,1-4H3. The predicted molar refractivity (Wildman–Crippen MR) is 141 cm³/mol. The molecule has 2 aromatic carbocycles. The summed E-state index contributed by atoms with van der Waals surface area (Å²) in [6.45, 7) is 5.15. The van der Waals surface area contributed by atoms with Crippen molar-refractivity contribution in [3.8, 4) is 11.4 Å². The summed E-state index contributed by atoms with van der Waals surface area (Å²) in [6.07, 6.45) is 0. The van der Waals surface area contributed by atoms with E-state index in [9.17, 15) is 14.4 Å². The number of fused-ring (bicyclic) bond motifs is 1. The molecule has 0 radical (unpaired) electrons. The van der Waals surface area contributed by atoms with Gasteiger partial charge in [-0.05, 0) is 45.0 Å². The van der Waals surface area contributed by atoms with Crippen molar-refractivity contribution in [3.63, 3.8) is 0 Å². The zero-order chi connectivity index (χ0) is 25.6. The van der Waals surface area contributed by atoms with Crippen molar-refractivity contribution >= 4 is 33.2 Å². The van der Waals surface area contributed by atoms with Crippen molar-refractivity contribution in [3.05, 3.63) is 105 Å². The number of carbonyl (C=O) groups is 2. The maximum Gasteiger partial charge on any atom is 0.340 e. The number of esters is 1. The van der Waals surface area contributed by atoms with E-state index >= 15 is 0 Å². The van der Waals surface area contributed by atoms with E-state index in [0.29, 0.717) is 22.5 Å². The van der Waals surface area contributed by atoms with E-state index in [1.165, 1.54) is 11.3 Å². The first kappa shape index (κ1) is 23.6. The topological polar surface area (TPSA) is 75.2 Å². The maximum absolute atomic E-state index is 13.5. The second-order valence-corrected chi connectivity index (χ2v) is 9.59. The van der Waals surface area contributed by atoms with Gasteiger partial charge in [-0.2, -0.15) is 0 Å². The predicted octanol–water partition coefficient (Wildman–Crippen LogP) is 5.15. The van der Waals surface area contributed by atoms with Crippen LogP contribution in [-0.2, 0) is 11.8 Å². The number of ketones is 1. The molecule has 182 valence electrons. The zero-order valence-corrected chi connectivity index (χ0v) is 21.3. The van der Waals surface area contributed by atoms with Crippen LogP contribution in [0.3, 0.4) is 0 Å². The quantitative estimate of drug-likeness (QED) is 0.239. The van der Waals surface area contributed by atoms with Gasteiger partial charge in [0.2, 0.25) is 5.78 Å². The number of carbonyl (C=O) groups excluding carboxylic acids is 2. The molecule has 0 atom stereocenters. The van der Waals surface area contributed by atoms with Crippen molar-refractivity contribution in [1.29, 1.82) is 0 Å². The molecule has 5 aromatic rings. The average molecular weight is 500 g/mol. The minimum absolute atomic E-state index is 0.183. The number of aryl methyl sites for hydroxylation is 1. The molecule has 0 saturated carbocycles. The fourth-order valence-corrected chi connectivity index (χ4v) is 5.55. The van der Waals surface area contributed by atoms with Crippen LogP contribution in [0, 0.1) is 20.8 Å². The molecule has 3 heterocycles. The fraction of sp³-hybridized carbons (Fsp3) is 0.179. The summed E-state index contributed by atoms with van der Waals surface area (Å²) in [4.78, 5) is 39.3. The maximum atomic E-state index is 13.5. The highest BCUT2D eigenvalue weighted by Crippen LogP contribution is 2.27. The van der Waals surface area contributed by atoms with Crippen LogP contribution < -0.4 is 5.56 Å². The number of nitrogens with zero attached hydrogens (tertiary/aromatic N) is 3. The highest BCUT2D eigenvalue weighted by atomic mass is 32.1. The van der Waals surface area contributed by atoms with Gasteiger partial charge in [0.15, 0.2) is 6.61 Å². The molecule has 8 heteroatoms. The van der Waals surface area contributed by atoms with Crippen LogP contribution in [-0.4, -0.2) is 32.3 Å². The summed E-state index contributed by atoms with van der Waals surface area (Å²) in [5, 5.41) is 2.56. The molecule has 0 N–H and O–H groups in total. The minimum Gasteiger partial charge on any atom is -0.454 e. The van der Waals surface area contributed by atoms with Gasteiger partial charge in [0.25, 0.3) is 5.56 Å². The Morgan fingerprint density at radius 2 is 1.61 bits per heavy atom. The van der Waals surface area contributed by atoms with E-state index in [4.69, 9.17) is 4.74 Å². The second-order valence-electron chi connectivity index (χ2n) is 8.68. The summed E-state index contributed by atoms with van der Waals surface area (Å²) in [5.41, 5.74) is 4.07. The Morgan fingerprint density at radius 1 is 0.917 bits per heavy atom. The van der Waals surface area contributed by atoms with E-state index in [-0.39, 0.29) is 17.9 Å². The molecule has 5 rings (SSSR count). The van der Waals surface area contributed by atoms with Crippen molar-refractivity contribution in [1.82, 2.24) is 13.9 Å².